The number of fused-ring (bicyclic) bond motifs is 2. The Morgan fingerprint density at radius 1 is 1.08 bits per heavy atom. The molecule has 2 fully saturated rings. The van der Waals surface area contributed by atoms with Crippen LogP contribution in [0.3, 0.4) is 0 Å². The molecule has 3 atom stereocenters. The maximum atomic E-state index is 14.3. The van der Waals surface area contributed by atoms with E-state index in [1.165, 1.54) is 29.2 Å². The maximum Gasteiger partial charge on any atom is 0.279 e. The zero-order valence-corrected chi connectivity index (χ0v) is 27.8. The number of nitrogens with zero attached hydrogens (tertiary/aromatic N) is 7. The van der Waals surface area contributed by atoms with E-state index >= 15 is 0 Å². The lowest BCUT2D eigenvalue weighted by Gasteiger charge is -2.46. The lowest BCUT2D eigenvalue weighted by molar-refractivity contribution is -0.116. The Morgan fingerprint density at radius 2 is 1.90 bits per heavy atom. The number of carbonyl (C=O) groups is 2. The van der Waals surface area contributed by atoms with Gasteiger partial charge in [-0.3, -0.25) is 14.4 Å². The van der Waals surface area contributed by atoms with Gasteiger partial charge in [-0.15, -0.1) is 5.10 Å². The minimum absolute atomic E-state index is 0.0124. The van der Waals surface area contributed by atoms with E-state index in [0.29, 0.717) is 67.8 Å². The van der Waals surface area contributed by atoms with Crippen LogP contribution in [-0.4, -0.2) is 76.8 Å². The molecule has 254 valence electrons. The lowest BCUT2D eigenvalue weighted by atomic mass is 9.69. The van der Waals surface area contributed by atoms with Gasteiger partial charge in [0.2, 0.25) is 11.7 Å². The summed E-state index contributed by atoms with van der Waals surface area (Å²) in [6.45, 7) is 4.96. The summed E-state index contributed by atoms with van der Waals surface area (Å²) in [5.41, 5.74) is 4.48. The average Bonchev–Trinajstić information content (AvgIpc) is 3.71. The first-order chi connectivity index (χ1) is 23.8. The molecule has 8 rings (SSSR count). The van der Waals surface area contributed by atoms with Crippen molar-refractivity contribution in [1.82, 2.24) is 34.0 Å². The summed E-state index contributed by atoms with van der Waals surface area (Å²) in [5, 5.41) is 18.3. The highest BCUT2D eigenvalue weighted by atomic mass is 16.5. The molecule has 2 saturated carbocycles. The van der Waals surface area contributed by atoms with Gasteiger partial charge >= 0.3 is 0 Å². The number of hydrogen-bond acceptors (Lipinski definition) is 9. The van der Waals surface area contributed by atoms with Crippen molar-refractivity contribution in [2.45, 2.75) is 83.2 Å². The summed E-state index contributed by atoms with van der Waals surface area (Å²) in [7, 11) is 0. The van der Waals surface area contributed by atoms with Crippen LogP contribution in [0.5, 0.6) is 5.75 Å². The molecule has 4 heterocycles. The maximum absolute atomic E-state index is 14.3. The summed E-state index contributed by atoms with van der Waals surface area (Å²) in [4.78, 5) is 56.3. The van der Waals surface area contributed by atoms with Crippen LogP contribution >= 0.6 is 0 Å². The Morgan fingerprint density at radius 3 is 2.59 bits per heavy atom. The topological polar surface area (TPSA) is 157 Å². The Bertz CT molecular complexity index is 2050. The second-order valence-corrected chi connectivity index (χ2v) is 13.6. The standard InChI is InChI=1S/C36H40N8O5/c1-3-42(35(48)31-32(46)20(2)37-19-38-31)27-12-10-25(27)26-11-13-28-30(26)34(47)44-36(40-33(41-44)23-14-16-49-17-15-23)43(28)18-29(45)39-24-8-6-22(7-9-24)21-4-5-21/h6-9,14,19,21,25-27,46H,3-5,10-13,15-18H2,1-2H3,(H,39,45). The Labute approximate surface area is 283 Å². The van der Waals surface area contributed by atoms with E-state index in [0.717, 1.165) is 29.8 Å². The molecule has 1 aliphatic heterocycles. The molecule has 3 aliphatic carbocycles. The molecule has 2 amide bonds. The van der Waals surface area contributed by atoms with Crippen LogP contribution in [-0.2, 0) is 22.5 Å². The largest absolute Gasteiger partial charge is 0.504 e. The van der Waals surface area contributed by atoms with Crippen LogP contribution in [0.25, 0.3) is 11.4 Å². The van der Waals surface area contributed by atoms with E-state index < -0.39 is 0 Å². The van der Waals surface area contributed by atoms with Crippen molar-refractivity contribution < 1.29 is 19.4 Å². The van der Waals surface area contributed by atoms with Gasteiger partial charge in [-0.2, -0.15) is 9.50 Å². The Hall–Kier alpha value is -4.91. The minimum Gasteiger partial charge on any atom is -0.504 e. The number of nitrogens with one attached hydrogen (secondary N) is 1. The first-order valence-corrected chi connectivity index (χ1v) is 17.3. The Kier molecular flexibility index (Phi) is 8.01. The number of carbonyl (C=O) groups excluding carboxylic acids is 2. The molecule has 1 aromatic carbocycles. The third-order valence-corrected chi connectivity index (χ3v) is 10.8. The van der Waals surface area contributed by atoms with E-state index in [1.807, 2.05) is 29.7 Å². The molecule has 13 nitrogen and oxygen atoms in total. The molecular weight excluding hydrogens is 624 g/mol. The molecule has 3 unspecified atom stereocenters. The van der Waals surface area contributed by atoms with Crippen LogP contribution in [0, 0.1) is 12.8 Å². The van der Waals surface area contributed by atoms with E-state index in [4.69, 9.17) is 14.8 Å². The van der Waals surface area contributed by atoms with E-state index in [9.17, 15) is 19.5 Å². The average molecular weight is 665 g/mol. The van der Waals surface area contributed by atoms with Crippen LogP contribution in [0.1, 0.15) is 96.1 Å². The summed E-state index contributed by atoms with van der Waals surface area (Å²) in [6, 6.07) is 7.91. The molecule has 0 saturated heterocycles. The molecular formula is C36H40N8O5. The molecule has 0 spiro atoms. The number of aromatic hydroxyl groups is 1. The van der Waals surface area contributed by atoms with Crippen molar-refractivity contribution in [3.05, 3.63) is 81.1 Å². The van der Waals surface area contributed by atoms with Crippen molar-refractivity contribution in [2.75, 3.05) is 25.1 Å². The van der Waals surface area contributed by atoms with Crippen molar-refractivity contribution in [3.63, 3.8) is 0 Å². The zero-order chi connectivity index (χ0) is 33.8. The van der Waals surface area contributed by atoms with E-state index in [-0.39, 0.29) is 53.2 Å². The van der Waals surface area contributed by atoms with Crippen LogP contribution in [0.2, 0.25) is 0 Å². The smallest absolute Gasteiger partial charge is 0.279 e. The fourth-order valence-corrected chi connectivity index (χ4v) is 7.91. The first kappa shape index (κ1) is 31.4. The lowest BCUT2D eigenvalue weighted by Crippen LogP contribution is -2.52. The predicted octanol–water partition coefficient (Wildman–Crippen LogP) is 3.99. The number of amides is 2. The highest BCUT2D eigenvalue weighted by Gasteiger charge is 2.47. The van der Waals surface area contributed by atoms with E-state index in [1.54, 1.807) is 11.8 Å². The van der Waals surface area contributed by atoms with Gasteiger partial charge < -0.3 is 24.6 Å². The molecule has 4 aromatic rings. The zero-order valence-electron chi connectivity index (χ0n) is 27.8. The second-order valence-electron chi connectivity index (χ2n) is 13.6. The normalized spacial score (nSPS) is 21.6. The number of anilines is 1. The van der Waals surface area contributed by atoms with Gasteiger partial charge in [-0.05, 0) is 99.8 Å². The van der Waals surface area contributed by atoms with Gasteiger partial charge in [0.15, 0.2) is 17.3 Å². The number of hydrogen-bond donors (Lipinski definition) is 2. The fourth-order valence-electron chi connectivity index (χ4n) is 7.91. The number of benzene rings is 1. The number of ether oxygens (including phenoxy) is 1. The van der Waals surface area contributed by atoms with Crippen molar-refractivity contribution in [3.8, 4) is 5.75 Å². The van der Waals surface area contributed by atoms with Gasteiger partial charge in [-0.25, -0.2) is 9.97 Å². The Balaban J connectivity index is 1.14. The van der Waals surface area contributed by atoms with Gasteiger partial charge in [0.05, 0.1) is 18.9 Å². The molecule has 0 bridgehead atoms. The van der Waals surface area contributed by atoms with Crippen molar-refractivity contribution >= 4 is 28.9 Å². The van der Waals surface area contributed by atoms with Crippen molar-refractivity contribution in [1.29, 1.82) is 0 Å². The van der Waals surface area contributed by atoms with Gasteiger partial charge in [0.1, 0.15) is 12.9 Å². The molecule has 13 heteroatoms. The molecule has 0 radical (unpaired) electrons. The number of aryl methyl sites for hydroxylation is 1. The van der Waals surface area contributed by atoms with Crippen LogP contribution < -0.4 is 10.9 Å². The second kappa shape index (κ2) is 12.5. The predicted molar refractivity (Wildman–Crippen MR) is 180 cm³/mol. The monoisotopic (exact) mass is 664 g/mol. The summed E-state index contributed by atoms with van der Waals surface area (Å²) < 4.78 is 8.71. The minimum atomic E-state index is -0.348. The number of aromatic nitrogens is 6. The summed E-state index contributed by atoms with van der Waals surface area (Å²) in [5.74, 6) is 0.557. The number of rotatable bonds is 9. The van der Waals surface area contributed by atoms with Gasteiger partial charge in [-0.1, -0.05) is 18.2 Å². The first-order valence-electron chi connectivity index (χ1n) is 17.3. The molecule has 49 heavy (non-hydrogen) atoms. The quantitative estimate of drug-likeness (QED) is 0.270. The van der Waals surface area contributed by atoms with Gasteiger partial charge in [0.25, 0.3) is 11.5 Å². The summed E-state index contributed by atoms with van der Waals surface area (Å²) >= 11 is 0. The third-order valence-electron chi connectivity index (χ3n) is 10.8. The van der Waals surface area contributed by atoms with E-state index in [2.05, 4.69) is 27.4 Å². The fraction of sp³-hybridized carbons (Fsp3) is 0.472. The van der Waals surface area contributed by atoms with Gasteiger partial charge in [0, 0.05) is 29.5 Å². The summed E-state index contributed by atoms with van der Waals surface area (Å²) in [6.07, 6.45) is 9.22. The SMILES string of the molecule is CCN(C(=O)c1ncnc(C)c1O)C1CCC1C1CCc2c1c(=O)n1nc(C3=CCOCC3)nc1n2CC(=O)Nc1ccc(C2CC2)cc1. The third kappa shape index (κ3) is 5.59. The molecule has 4 aliphatic rings. The highest BCUT2D eigenvalue weighted by molar-refractivity contribution is 5.95. The highest BCUT2D eigenvalue weighted by Crippen LogP contribution is 2.48. The van der Waals surface area contributed by atoms with Crippen molar-refractivity contribution in [2.24, 2.45) is 5.92 Å². The van der Waals surface area contributed by atoms with Crippen LogP contribution in [0.15, 0.2) is 41.5 Å². The van der Waals surface area contributed by atoms with Crippen LogP contribution in [0.4, 0.5) is 5.69 Å². The molecule has 3 aromatic heterocycles. The molecule has 2 N–H and O–H groups in total.